The van der Waals surface area contributed by atoms with Gasteiger partial charge in [0, 0.05) is 13.7 Å². The lowest BCUT2D eigenvalue weighted by Gasteiger charge is -2.24. The number of hydrogen-bond donors (Lipinski definition) is 2. The highest BCUT2D eigenvalue weighted by Gasteiger charge is 2.17. The summed E-state index contributed by atoms with van der Waals surface area (Å²) in [6, 6.07) is 0. The van der Waals surface area contributed by atoms with E-state index in [9.17, 15) is 4.79 Å². The van der Waals surface area contributed by atoms with Crippen molar-refractivity contribution >= 4 is 6.09 Å². The Morgan fingerprint density at radius 1 is 1.43 bits per heavy atom. The second-order valence-electron chi connectivity index (χ2n) is 3.47. The summed E-state index contributed by atoms with van der Waals surface area (Å²) in [6.07, 6.45) is 0.0982. The molecule has 0 heterocycles. The second-order valence-corrected chi connectivity index (χ2v) is 3.47. The van der Waals surface area contributed by atoms with Gasteiger partial charge in [-0.1, -0.05) is 0 Å². The highest BCUT2D eigenvalue weighted by Crippen LogP contribution is 2.12. The quantitative estimate of drug-likeness (QED) is 0.620. The van der Waals surface area contributed by atoms with Crippen molar-refractivity contribution in [3.63, 3.8) is 0 Å². The molecule has 0 aromatic heterocycles. The maximum atomic E-state index is 10.6. The van der Waals surface area contributed by atoms with Gasteiger partial charge in [0.25, 0.3) is 0 Å². The van der Waals surface area contributed by atoms with Crippen LogP contribution in [0.1, 0.15) is 20.3 Å². The summed E-state index contributed by atoms with van der Waals surface area (Å²) in [7, 11) is 1.50. The number of hydrogen-bond acceptors (Lipinski definition) is 4. The van der Waals surface area contributed by atoms with E-state index in [1.165, 1.54) is 7.05 Å². The van der Waals surface area contributed by atoms with E-state index in [2.05, 4.69) is 5.32 Å². The largest absolute Gasteiger partial charge is 0.447 e. The van der Waals surface area contributed by atoms with Crippen LogP contribution in [-0.4, -0.2) is 43.7 Å². The topological polar surface area (TPSA) is 67.8 Å². The molecule has 2 N–H and O–H groups in total. The van der Waals surface area contributed by atoms with Crippen molar-refractivity contribution < 1.29 is 19.4 Å². The molecule has 14 heavy (non-hydrogen) atoms. The molecule has 5 heteroatoms. The number of amides is 1. The zero-order valence-corrected chi connectivity index (χ0v) is 9.00. The standard InChI is InChI=1S/C9H19NO4/c1-9(2,4-5-11)14-7-6-13-8(12)10-3/h11H,4-7H2,1-3H3,(H,10,12). The van der Waals surface area contributed by atoms with Gasteiger partial charge in [0.15, 0.2) is 0 Å². The van der Waals surface area contributed by atoms with Gasteiger partial charge in [-0.05, 0) is 20.3 Å². The summed E-state index contributed by atoms with van der Waals surface area (Å²) in [6.45, 7) is 4.39. The van der Waals surface area contributed by atoms with Crippen LogP contribution in [0.2, 0.25) is 0 Å². The molecule has 5 nitrogen and oxygen atoms in total. The molecule has 0 atom stereocenters. The first-order chi connectivity index (χ1) is 6.52. The van der Waals surface area contributed by atoms with Crippen molar-refractivity contribution in [2.24, 2.45) is 0 Å². The molecule has 0 aliphatic rings. The lowest BCUT2D eigenvalue weighted by molar-refractivity contribution is -0.0475. The summed E-state index contributed by atoms with van der Waals surface area (Å²) in [5, 5.41) is 11.0. The fraction of sp³-hybridized carbons (Fsp3) is 0.889. The van der Waals surface area contributed by atoms with E-state index in [1.807, 2.05) is 13.8 Å². The zero-order valence-electron chi connectivity index (χ0n) is 9.00. The molecule has 0 bridgehead atoms. The molecule has 0 aromatic carbocycles. The van der Waals surface area contributed by atoms with Crippen molar-refractivity contribution in [2.75, 3.05) is 26.9 Å². The molecule has 1 amide bonds. The minimum atomic E-state index is -0.464. The Balaban J connectivity index is 3.48. The second kappa shape index (κ2) is 6.62. The predicted octanol–water partition coefficient (Wildman–Crippen LogP) is 0.520. The predicted molar refractivity (Wildman–Crippen MR) is 52.1 cm³/mol. The molecule has 84 valence electrons. The van der Waals surface area contributed by atoms with Gasteiger partial charge in [0.1, 0.15) is 6.61 Å². The number of aliphatic hydroxyl groups excluding tert-OH is 1. The number of ether oxygens (including phenoxy) is 2. The van der Waals surface area contributed by atoms with Gasteiger partial charge in [0.2, 0.25) is 0 Å². The van der Waals surface area contributed by atoms with Crippen LogP contribution in [-0.2, 0) is 9.47 Å². The first-order valence-corrected chi connectivity index (χ1v) is 4.61. The molecule has 0 radical (unpaired) electrons. The van der Waals surface area contributed by atoms with Crippen LogP contribution in [0.4, 0.5) is 4.79 Å². The molecule has 0 saturated heterocycles. The minimum Gasteiger partial charge on any atom is -0.447 e. The molecular formula is C9H19NO4. The lowest BCUT2D eigenvalue weighted by atomic mass is 10.1. The highest BCUT2D eigenvalue weighted by atomic mass is 16.6. The summed E-state index contributed by atoms with van der Waals surface area (Å²) in [4.78, 5) is 10.6. The van der Waals surface area contributed by atoms with Gasteiger partial charge >= 0.3 is 6.09 Å². The van der Waals surface area contributed by atoms with E-state index >= 15 is 0 Å². The average molecular weight is 205 g/mol. The molecule has 0 spiro atoms. The van der Waals surface area contributed by atoms with Gasteiger partial charge in [0.05, 0.1) is 12.2 Å². The molecular weight excluding hydrogens is 186 g/mol. The first-order valence-electron chi connectivity index (χ1n) is 4.61. The van der Waals surface area contributed by atoms with Crippen molar-refractivity contribution in [3.05, 3.63) is 0 Å². The van der Waals surface area contributed by atoms with Crippen LogP contribution in [0.15, 0.2) is 0 Å². The SMILES string of the molecule is CNC(=O)OCCOC(C)(C)CCO. The molecule has 0 rings (SSSR count). The van der Waals surface area contributed by atoms with E-state index in [4.69, 9.17) is 14.6 Å². The fourth-order valence-electron chi connectivity index (χ4n) is 0.866. The summed E-state index contributed by atoms with van der Waals surface area (Å²) >= 11 is 0. The smallest absolute Gasteiger partial charge is 0.406 e. The van der Waals surface area contributed by atoms with Crippen molar-refractivity contribution in [2.45, 2.75) is 25.9 Å². The van der Waals surface area contributed by atoms with Crippen molar-refractivity contribution in [1.29, 1.82) is 0 Å². The Kier molecular flexibility index (Phi) is 6.23. The Hall–Kier alpha value is -0.810. The molecule has 0 aliphatic heterocycles. The van der Waals surface area contributed by atoms with Gasteiger partial charge < -0.3 is 19.9 Å². The molecule has 0 unspecified atom stereocenters. The maximum Gasteiger partial charge on any atom is 0.406 e. The summed E-state index contributed by atoms with van der Waals surface area (Å²) in [5.41, 5.74) is -0.374. The summed E-state index contributed by atoms with van der Waals surface area (Å²) in [5.74, 6) is 0. The average Bonchev–Trinajstić information content (AvgIpc) is 2.12. The lowest BCUT2D eigenvalue weighted by Crippen LogP contribution is -2.29. The number of alkyl carbamates (subject to hydrolysis) is 1. The number of rotatable bonds is 6. The van der Waals surface area contributed by atoms with Gasteiger partial charge in [-0.3, -0.25) is 0 Å². The van der Waals surface area contributed by atoms with Crippen LogP contribution in [0, 0.1) is 0 Å². The zero-order chi connectivity index (χ0) is 11.0. The van der Waals surface area contributed by atoms with E-state index in [1.54, 1.807) is 0 Å². The third-order valence-corrected chi connectivity index (χ3v) is 1.73. The summed E-state index contributed by atoms with van der Waals surface area (Å²) < 4.78 is 10.1. The third kappa shape index (κ3) is 6.68. The van der Waals surface area contributed by atoms with Crippen LogP contribution in [0.5, 0.6) is 0 Å². The normalized spacial score (nSPS) is 11.1. The number of carbonyl (C=O) groups is 1. The van der Waals surface area contributed by atoms with Crippen molar-refractivity contribution in [3.8, 4) is 0 Å². The minimum absolute atomic E-state index is 0.0866. The fourth-order valence-corrected chi connectivity index (χ4v) is 0.866. The van der Waals surface area contributed by atoms with Gasteiger partial charge in [-0.15, -0.1) is 0 Å². The molecule has 0 fully saturated rings. The van der Waals surface area contributed by atoms with Gasteiger partial charge in [-0.2, -0.15) is 0 Å². The Morgan fingerprint density at radius 2 is 2.07 bits per heavy atom. The molecule has 0 aromatic rings. The van der Waals surface area contributed by atoms with E-state index in [0.717, 1.165) is 0 Å². The van der Waals surface area contributed by atoms with E-state index in [0.29, 0.717) is 13.0 Å². The van der Waals surface area contributed by atoms with E-state index in [-0.39, 0.29) is 18.8 Å². The Bertz CT molecular complexity index is 170. The van der Waals surface area contributed by atoms with E-state index < -0.39 is 6.09 Å². The molecule has 0 aliphatic carbocycles. The van der Waals surface area contributed by atoms with Crippen LogP contribution < -0.4 is 5.32 Å². The van der Waals surface area contributed by atoms with Crippen LogP contribution in [0.25, 0.3) is 0 Å². The molecule has 0 saturated carbocycles. The maximum absolute atomic E-state index is 10.6. The van der Waals surface area contributed by atoms with Crippen molar-refractivity contribution in [1.82, 2.24) is 5.32 Å². The monoisotopic (exact) mass is 205 g/mol. The van der Waals surface area contributed by atoms with Gasteiger partial charge in [-0.25, -0.2) is 4.79 Å². The highest BCUT2D eigenvalue weighted by molar-refractivity contribution is 5.66. The third-order valence-electron chi connectivity index (χ3n) is 1.73. The Morgan fingerprint density at radius 3 is 2.57 bits per heavy atom. The number of nitrogens with one attached hydrogen (secondary N) is 1. The first kappa shape index (κ1) is 13.2. The number of aliphatic hydroxyl groups is 1. The van der Waals surface area contributed by atoms with Crippen LogP contribution >= 0.6 is 0 Å². The number of carbonyl (C=O) groups excluding carboxylic acids is 1. The Labute approximate surface area is 84.4 Å². The van der Waals surface area contributed by atoms with Crippen LogP contribution in [0.3, 0.4) is 0 Å².